The van der Waals surface area contributed by atoms with E-state index in [0.717, 1.165) is 22.6 Å². The van der Waals surface area contributed by atoms with E-state index in [1.165, 1.54) is 34.4 Å². The Morgan fingerprint density at radius 1 is 1.06 bits per heavy atom. The third-order valence-corrected chi connectivity index (χ3v) is 6.42. The van der Waals surface area contributed by atoms with Gasteiger partial charge in [0.25, 0.3) is 5.91 Å². The van der Waals surface area contributed by atoms with Crippen LogP contribution in [0.3, 0.4) is 0 Å². The second kappa shape index (κ2) is 8.51. The van der Waals surface area contributed by atoms with Gasteiger partial charge < -0.3 is 9.67 Å². The normalized spacial score (nSPS) is 16.4. The molecular weight excluding hydrogens is 422 g/mol. The lowest BCUT2D eigenvalue weighted by Crippen LogP contribution is -2.23. The molecule has 0 radical (unpaired) electrons. The van der Waals surface area contributed by atoms with Crippen LogP contribution in [0.4, 0.5) is 5.69 Å². The standard InChI is InChI=1S/C25H23N3O3S/c1-15-6-5-7-21(12-15)28-16(2)13-19(17(28)3)14-22-23(29)27(4)25(32-22)26-20-10-8-18(9-11-20)24(30)31/h5-14H,1-4H3,(H,30,31)/b22-14-,26-25?. The number of hydrogen-bond acceptors (Lipinski definition) is 4. The molecule has 0 saturated carbocycles. The van der Waals surface area contributed by atoms with Crippen LogP contribution in [0.2, 0.25) is 0 Å². The van der Waals surface area contributed by atoms with Gasteiger partial charge in [-0.05, 0) is 92.2 Å². The molecule has 162 valence electrons. The van der Waals surface area contributed by atoms with Gasteiger partial charge in [-0.2, -0.15) is 0 Å². The lowest BCUT2D eigenvalue weighted by atomic mass is 10.2. The first kappa shape index (κ1) is 21.6. The molecule has 6 nitrogen and oxygen atoms in total. The molecule has 3 aromatic rings. The highest BCUT2D eigenvalue weighted by Gasteiger charge is 2.30. The van der Waals surface area contributed by atoms with E-state index in [0.29, 0.717) is 15.8 Å². The number of hydrogen-bond donors (Lipinski definition) is 1. The number of carboxylic acids is 1. The number of aromatic nitrogens is 1. The minimum atomic E-state index is -0.986. The molecule has 2 aromatic carbocycles. The SMILES string of the molecule is Cc1cccc(-n2c(C)cc(/C=C3\SC(=Nc4ccc(C(=O)O)cc4)N(C)C3=O)c2C)c1. The zero-order valence-electron chi connectivity index (χ0n) is 18.3. The van der Waals surface area contributed by atoms with Gasteiger partial charge >= 0.3 is 5.97 Å². The van der Waals surface area contributed by atoms with Crippen molar-refractivity contribution >= 4 is 40.6 Å². The number of carbonyl (C=O) groups excluding carboxylic acids is 1. The van der Waals surface area contributed by atoms with E-state index in [1.54, 1.807) is 19.2 Å². The minimum absolute atomic E-state index is 0.115. The van der Waals surface area contributed by atoms with Gasteiger partial charge in [0.05, 0.1) is 16.2 Å². The van der Waals surface area contributed by atoms with Crippen LogP contribution < -0.4 is 0 Å². The zero-order chi connectivity index (χ0) is 23.0. The number of benzene rings is 2. The van der Waals surface area contributed by atoms with E-state index < -0.39 is 5.97 Å². The number of aliphatic imine (C=N–C) groups is 1. The summed E-state index contributed by atoms with van der Waals surface area (Å²) in [6, 6.07) is 16.7. The Morgan fingerprint density at radius 3 is 2.44 bits per heavy atom. The first-order valence-corrected chi connectivity index (χ1v) is 10.9. The number of carbonyl (C=O) groups is 2. The molecule has 1 fully saturated rings. The van der Waals surface area contributed by atoms with Gasteiger partial charge in [0.15, 0.2) is 5.17 Å². The summed E-state index contributed by atoms with van der Waals surface area (Å²) in [5.74, 6) is -1.10. The minimum Gasteiger partial charge on any atom is -0.478 e. The summed E-state index contributed by atoms with van der Waals surface area (Å²) in [5, 5.41) is 9.59. The lowest BCUT2D eigenvalue weighted by Gasteiger charge is -2.10. The van der Waals surface area contributed by atoms with Gasteiger partial charge in [-0.1, -0.05) is 12.1 Å². The zero-order valence-corrected chi connectivity index (χ0v) is 19.1. The predicted octanol–water partition coefficient (Wildman–Crippen LogP) is 5.33. The van der Waals surface area contributed by atoms with Gasteiger partial charge in [0.2, 0.25) is 0 Å². The highest BCUT2D eigenvalue weighted by atomic mass is 32.2. The van der Waals surface area contributed by atoms with Crippen LogP contribution in [0.5, 0.6) is 0 Å². The topological polar surface area (TPSA) is 74.9 Å². The highest BCUT2D eigenvalue weighted by molar-refractivity contribution is 8.18. The predicted molar refractivity (Wildman–Crippen MR) is 129 cm³/mol. The number of aromatic carboxylic acids is 1. The molecule has 1 amide bonds. The molecular formula is C25H23N3O3S. The quantitative estimate of drug-likeness (QED) is 0.551. The van der Waals surface area contributed by atoms with E-state index >= 15 is 0 Å². The Morgan fingerprint density at radius 2 is 1.78 bits per heavy atom. The Bertz CT molecular complexity index is 1290. The first-order valence-electron chi connectivity index (χ1n) is 10.1. The molecule has 7 heteroatoms. The second-order valence-electron chi connectivity index (χ2n) is 7.72. The summed E-state index contributed by atoms with van der Waals surface area (Å²) < 4.78 is 2.19. The van der Waals surface area contributed by atoms with Crippen molar-refractivity contribution < 1.29 is 14.7 Å². The molecule has 2 heterocycles. The van der Waals surface area contributed by atoms with E-state index in [2.05, 4.69) is 54.6 Å². The van der Waals surface area contributed by atoms with Crippen molar-refractivity contribution in [1.82, 2.24) is 9.47 Å². The van der Waals surface area contributed by atoms with Gasteiger partial charge in [-0.15, -0.1) is 0 Å². The van der Waals surface area contributed by atoms with Crippen LogP contribution in [0, 0.1) is 20.8 Å². The summed E-state index contributed by atoms with van der Waals surface area (Å²) in [6.45, 7) is 6.18. The molecule has 0 atom stereocenters. The van der Waals surface area contributed by atoms with Crippen molar-refractivity contribution in [1.29, 1.82) is 0 Å². The van der Waals surface area contributed by atoms with Crippen LogP contribution in [-0.2, 0) is 4.79 Å². The molecule has 1 aliphatic heterocycles. The van der Waals surface area contributed by atoms with Crippen molar-refractivity contribution in [3.8, 4) is 5.69 Å². The van der Waals surface area contributed by atoms with E-state index in [-0.39, 0.29) is 11.5 Å². The van der Waals surface area contributed by atoms with Crippen LogP contribution in [0.1, 0.15) is 32.9 Å². The summed E-state index contributed by atoms with van der Waals surface area (Å²) >= 11 is 1.31. The number of rotatable bonds is 4. The largest absolute Gasteiger partial charge is 0.478 e. The Labute approximate surface area is 190 Å². The van der Waals surface area contributed by atoms with Crippen LogP contribution >= 0.6 is 11.8 Å². The van der Waals surface area contributed by atoms with Crippen LogP contribution in [0.25, 0.3) is 11.8 Å². The number of thioether (sulfide) groups is 1. The summed E-state index contributed by atoms with van der Waals surface area (Å²) in [4.78, 5) is 30.5. The molecule has 0 bridgehead atoms. The highest BCUT2D eigenvalue weighted by Crippen LogP contribution is 2.34. The monoisotopic (exact) mass is 445 g/mol. The van der Waals surface area contributed by atoms with E-state index in [4.69, 9.17) is 5.11 Å². The molecule has 4 rings (SSSR count). The number of likely N-dealkylation sites (N-methyl/N-ethyl adjacent to an activating group) is 1. The summed E-state index contributed by atoms with van der Waals surface area (Å²) in [6.07, 6.45) is 1.91. The van der Waals surface area contributed by atoms with Gasteiger partial charge in [-0.25, -0.2) is 9.79 Å². The average Bonchev–Trinajstić information content (AvgIpc) is 3.18. The van der Waals surface area contributed by atoms with Crippen LogP contribution in [0.15, 0.2) is 64.5 Å². The number of amides is 1. The van der Waals surface area contributed by atoms with Crippen LogP contribution in [-0.4, -0.2) is 38.7 Å². The van der Waals surface area contributed by atoms with Crippen molar-refractivity contribution in [3.05, 3.63) is 87.6 Å². The molecule has 0 spiro atoms. The van der Waals surface area contributed by atoms with Crippen molar-refractivity contribution in [2.75, 3.05) is 7.05 Å². The molecule has 1 saturated heterocycles. The average molecular weight is 446 g/mol. The maximum atomic E-state index is 12.8. The summed E-state index contributed by atoms with van der Waals surface area (Å²) in [7, 11) is 1.69. The maximum absolute atomic E-state index is 12.8. The molecule has 0 aliphatic carbocycles. The second-order valence-corrected chi connectivity index (χ2v) is 8.73. The van der Waals surface area contributed by atoms with Crippen molar-refractivity contribution in [3.63, 3.8) is 0 Å². The molecule has 1 N–H and O–H groups in total. The molecule has 0 unspecified atom stereocenters. The fraction of sp³-hybridized carbons (Fsp3) is 0.160. The Hall–Kier alpha value is -3.58. The number of nitrogens with zero attached hydrogens (tertiary/aromatic N) is 3. The number of carboxylic acid groups (broad SMARTS) is 1. The third-order valence-electron chi connectivity index (χ3n) is 5.36. The van der Waals surface area contributed by atoms with Crippen molar-refractivity contribution in [2.45, 2.75) is 20.8 Å². The fourth-order valence-corrected chi connectivity index (χ4v) is 4.66. The lowest BCUT2D eigenvalue weighted by molar-refractivity contribution is -0.121. The van der Waals surface area contributed by atoms with Gasteiger partial charge in [0.1, 0.15) is 0 Å². The van der Waals surface area contributed by atoms with Crippen molar-refractivity contribution in [2.24, 2.45) is 4.99 Å². The number of aryl methyl sites for hydroxylation is 2. The van der Waals surface area contributed by atoms with E-state index in [1.807, 2.05) is 12.1 Å². The molecule has 1 aromatic heterocycles. The molecule has 1 aliphatic rings. The smallest absolute Gasteiger partial charge is 0.335 e. The summed E-state index contributed by atoms with van der Waals surface area (Å²) in [5.41, 5.74) is 6.22. The first-order chi connectivity index (χ1) is 15.2. The maximum Gasteiger partial charge on any atom is 0.335 e. The molecule has 32 heavy (non-hydrogen) atoms. The number of amidine groups is 1. The van der Waals surface area contributed by atoms with Gasteiger partial charge in [-0.3, -0.25) is 9.69 Å². The third kappa shape index (κ3) is 4.11. The Kier molecular flexibility index (Phi) is 5.76. The Balaban J connectivity index is 1.65. The van der Waals surface area contributed by atoms with Gasteiger partial charge in [0, 0.05) is 24.1 Å². The fourth-order valence-electron chi connectivity index (χ4n) is 3.68. The van der Waals surface area contributed by atoms with E-state index in [9.17, 15) is 9.59 Å².